The molecule has 0 saturated carbocycles. The van der Waals surface area contributed by atoms with Crippen molar-refractivity contribution in [3.05, 3.63) is 12.7 Å². The van der Waals surface area contributed by atoms with Crippen molar-refractivity contribution in [2.24, 2.45) is 0 Å². The maximum absolute atomic E-state index is 11.3. The summed E-state index contributed by atoms with van der Waals surface area (Å²) >= 11 is 0. The summed E-state index contributed by atoms with van der Waals surface area (Å²) in [5.41, 5.74) is 0. The zero-order chi connectivity index (χ0) is 15.4. The molecule has 0 saturated heterocycles. The zero-order valence-corrected chi connectivity index (χ0v) is 11.1. The molecule has 0 heterocycles. The number of carbonyl (C=O) groups is 2. The predicted molar refractivity (Wildman–Crippen MR) is 66.6 cm³/mol. The first-order valence-electron chi connectivity index (χ1n) is 6.07. The van der Waals surface area contributed by atoms with Gasteiger partial charge in [-0.3, -0.25) is 10.1 Å². The molecule has 0 bridgehead atoms. The lowest BCUT2D eigenvalue weighted by Crippen LogP contribution is -2.23. The maximum atomic E-state index is 11.3. The molecular weight excluding hydrogens is 272 g/mol. The third kappa shape index (κ3) is 9.45. The number of aliphatic hydroxyl groups excluding tert-OH is 2. The van der Waals surface area contributed by atoms with Crippen molar-refractivity contribution in [3.8, 4) is 0 Å². The fourth-order valence-corrected chi connectivity index (χ4v) is 1.19. The summed E-state index contributed by atoms with van der Waals surface area (Å²) in [6.45, 7) is 2.46. The average Bonchev–Trinajstić information content (AvgIpc) is 2.47. The Kier molecular flexibility index (Phi) is 10.5. The quantitative estimate of drug-likeness (QED) is 0.204. The van der Waals surface area contributed by atoms with Crippen LogP contribution in [0.2, 0.25) is 0 Å². The standard InChI is InChI=1S/C12H20O8/c1-2-11(15)18-6-5-10(20-17)3-4-12(16)19-8-9(14)7-13/h2,9-10,13-14,17H,1,3-8H2. The lowest BCUT2D eigenvalue weighted by atomic mass is 10.1. The fourth-order valence-electron chi connectivity index (χ4n) is 1.19. The molecule has 8 heteroatoms. The molecular formula is C12H20O8. The molecule has 116 valence electrons. The van der Waals surface area contributed by atoms with E-state index in [-0.39, 0.29) is 32.5 Å². The van der Waals surface area contributed by atoms with Gasteiger partial charge >= 0.3 is 11.9 Å². The maximum Gasteiger partial charge on any atom is 0.330 e. The van der Waals surface area contributed by atoms with Gasteiger partial charge in [0.1, 0.15) is 12.7 Å². The van der Waals surface area contributed by atoms with Crippen LogP contribution in [0.3, 0.4) is 0 Å². The minimum absolute atomic E-state index is 0.0222. The molecule has 0 aliphatic heterocycles. The van der Waals surface area contributed by atoms with Gasteiger partial charge in [-0.15, -0.1) is 0 Å². The summed E-state index contributed by atoms with van der Waals surface area (Å²) in [7, 11) is 0. The molecule has 0 fully saturated rings. The first-order chi connectivity index (χ1) is 9.53. The number of hydrogen-bond acceptors (Lipinski definition) is 8. The number of carbonyl (C=O) groups excluding carboxylic acids is 2. The Morgan fingerprint density at radius 3 is 2.50 bits per heavy atom. The second-order valence-corrected chi connectivity index (χ2v) is 3.95. The lowest BCUT2D eigenvalue weighted by molar-refractivity contribution is -0.282. The highest BCUT2D eigenvalue weighted by Gasteiger charge is 2.14. The molecule has 0 aromatic carbocycles. The van der Waals surface area contributed by atoms with Gasteiger partial charge in [-0.2, -0.15) is 0 Å². The Balaban J connectivity index is 3.79. The summed E-state index contributed by atoms with van der Waals surface area (Å²) in [4.78, 5) is 26.2. The van der Waals surface area contributed by atoms with Crippen molar-refractivity contribution in [2.75, 3.05) is 19.8 Å². The molecule has 0 spiro atoms. The highest BCUT2D eigenvalue weighted by atomic mass is 17.1. The Labute approximate surface area is 116 Å². The van der Waals surface area contributed by atoms with Crippen molar-refractivity contribution in [2.45, 2.75) is 31.5 Å². The third-order valence-electron chi connectivity index (χ3n) is 2.32. The zero-order valence-electron chi connectivity index (χ0n) is 11.1. The largest absolute Gasteiger partial charge is 0.463 e. The monoisotopic (exact) mass is 292 g/mol. The highest BCUT2D eigenvalue weighted by Crippen LogP contribution is 2.07. The van der Waals surface area contributed by atoms with E-state index in [1.165, 1.54) is 0 Å². The van der Waals surface area contributed by atoms with Crippen LogP contribution in [0.15, 0.2) is 12.7 Å². The van der Waals surface area contributed by atoms with Crippen LogP contribution in [0, 0.1) is 0 Å². The summed E-state index contributed by atoms with van der Waals surface area (Å²) in [5, 5.41) is 26.1. The summed E-state index contributed by atoms with van der Waals surface area (Å²) in [5.74, 6) is -1.18. The molecule has 8 nitrogen and oxygen atoms in total. The Morgan fingerprint density at radius 1 is 1.25 bits per heavy atom. The van der Waals surface area contributed by atoms with Gasteiger partial charge in [0, 0.05) is 18.9 Å². The molecule has 3 N–H and O–H groups in total. The fraction of sp³-hybridized carbons (Fsp3) is 0.667. The lowest BCUT2D eigenvalue weighted by Gasteiger charge is -2.13. The van der Waals surface area contributed by atoms with E-state index in [1.807, 2.05) is 0 Å². The molecule has 0 amide bonds. The van der Waals surface area contributed by atoms with Crippen molar-refractivity contribution in [3.63, 3.8) is 0 Å². The molecule has 0 aromatic heterocycles. The van der Waals surface area contributed by atoms with E-state index in [0.29, 0.717) is 0 Å². The first-order valence-corrected chi connectivity index (χ1v) is 6.07. The second-order valence-electron chi connectivity index (χ2n) is 3.95. The first kappa shape index (κ1) is 18.5. The van der Waals surface area contributed by atoms with Crippen LogP contribution in [0.25, 0.3) is 0 Å². The molecule has 0 radical (unpaired) electrons. The van der Waals surface area contributed by atoms with Crippen molar-refractivity contribution in [1.82, 2.24) is 0 Å². The average molecular weight is 292 g/mol. The number of aliphatic hydroxyl groups is 2. The van der Waals surface area contributed by atoms with Gasteiger partial charge < -0.3 is 19.7 Å². The van der Waals surface area contributed by atoms with E-state index in [4.69, 9.17) is 20.2 Å². The molecule has 0 aromatic rings. The van der Waals surface area contributed by atoms with Crippen LogP contribution in [0.4, 0.5) is 0 Å². The van der Waals surface area contributed by atoms with E-state index in [2.05, 4.69) is 16.2 Å². The molecule has 2 atom stereocenters. The van der Waals surface area contributed by atoms with Gasteiger partial charge in [-0.1, -0.05) is 6.58 Å². The number of hydrogen-bond donors (Lipinski definition) is 3. The Bertz CT molecular complexity index is 304. The van der Waals surface area contributed by atoms with Crippen LogP contribution in [-0.4, -0.2) is 59.4 Å². The minimum Gasteiger partial charge on any atom is -0.463 e. The summed E-state index contributed by atoms with van der Waals surface area (Å²) < 4.78 is 9.36. The topological polar surface area (TPSA) is 123 Å². The molecule has 2 unspecified atom stereocenters. The Morgan fingerprint density at radius 2 is 1.95 bits per heavy atom. The summed E-state index contributed by atoms with van der Waals surface area (Å²) in [6.07, 6.45) is -0.443. The molecule has 0 aliphatic rings. The number of ether oxygens (including phenoxy) is 2. The molecule has 0 aliphatic carbocycles. The van der Waals surface area contributed by atoms with E-state index in [0.717, 1.165) is 6.08 Å². The minimum atomic E-state index is -1.11. The number of esters is 2. The third-order valence-corrected chi connectivity index (χ3v) is 2.32. The van der Waals surface area contributed by atoms with E-state index < -0.39 is 30.8 Å². The van der Waals surface area contributed by atoms with Gasteiger partial charge in [0.25, 0.3) is 0 Å². The second kappa shape index (κ2) is 11.4. The normalized spacial score (nSPS) is 13.3. The van der Waals surface area contributed by atoms with E-state index in [9.17, 15) is 9.59 Å². The van der Waals surface area contributed by atoms with Gasteiger partial charge in [0.2, 0.25) is 0 Å². The highest BCUT2D eigenvalue weighted by molar-refractivity contribution is 5.81. The SMILES string of the molecule is C=CC(=O)OCCC(CCC(=O)OCC(O)CO)OO. The van der Waals surface area contributed by atoms with Crippen LogP contribution in [0.5, 0.6) is 0 Å². The van der Waals surface area contributed by atoms with Crippen LogP contribution in [0.1, 0.15) is 19.3 Å². The van der Waals surface area contributed by atoms with E-state index >= 15 is 0 Å². The van der Waals surface area contributed by atoms with Crippen molar-refractivity contribution in [1.29, 1.82) is 0 Å². The smallest absolute Gasteiger partial charge is 0.330 e. The Hall–Kier alpha value is -1.48. The van der Waals surface area contributed by atoms with Gasteiger partial charge in [-0.25, -0.2) is 9.68 Å². The number of rotatable bonds is 11. The van der Waals surface area contributed by atoms with Crippen molar-refractivity contribution < 1.29 is 39.4 Å². The van der Waals surface area contributed by atoms with Gasteiger partial charge in [-0.05, 0) is 6.42 Å². The summed E-state index contributed by atoms with van der Waals surface area (Å²) in [6, 6.07) is 0. The van der Waals surface area contributed by atoms with Crippen LogP contribution in [-0.2, 0) is 24.0 Å². The van der Waals surface area contributed by atoms with Gasteiger partial charge in [0.05, 0.1) is 19.3 Å². The van der Waals surface area contributed by atoms with E-state index in [1.54, 1.807) is 0 Å². The van der Waals surface area contributed by atoms with Crippen LogP contribution >= 0.6 is 0 Å². The van der Waals surface area contributed by atoms with Gasteiger partial charge in [0.15, 0.2) is 0 Å². The molecule has 20 heavy (non-hydrogen) atoms. The molecule has 0 rings (SSSR count). The van der Waals surface area contributed by atoms with Crippen LogP contribution < -0.4 is 0 Å². The predicted octanol–water partition coefficient (Wildman–Crippen LogP) is -0.359. The van der Waals surface area contributed by atoms with Crippen molar-refractivity contribution >= 4 is 11.9 Å².